The quantitative estimate of drug-likeness (QED) is 0.586. The van der Waals surface area contributed by atoms with Crippen molar-refractivity contribution >= 4 is 16.8 Å². The van der Waals surface area contributed by atoms with Crippen LogP contribution in [0, 0.1) is 23.4 Å². The highest BCUT2D eigenvalue weighted by Gasteiger charge is 2.42. The van der Waals surface area contributed by atoms with Crippen molar-refractivity contribution in [2.75, 3.05) is 39.4 Å². The second kappa shape index (κ2) is 8.99. The number of carbonyl (C=O) groups is 1. The molecule has 0 bridgehead atoms. The molecule has 2 aromatic carbocycles. The highest BCUT2D eigenvalue weighted by Crippen LogP contribution is 2.49. The van der Waals surface area contributed by atoms with Gasteiger partial charge in [-0.2, -0.15) is 0 Å². The van der Waals surface area contributed by atoms with Crippen molar-refractivity contribution in [3.8, 4) is 11.3 Å². The molecule has 1 aliphatic carbocycles. The van der Waals surface area contributed by atoms with Crippen LogP contribution in [0.15, 0.2) is 36.4 Å². The smallest absolute Gasteiger partial charge is 0.225 e. The molecule has 3 fully saturated rings. The van der Waals surface area contributed by atoms with E-state index in [-0.39, 0.29) is 29.1 Å². The molecule has 2 saturated heterocycles. The highest BCUT2D eigenvalue weighted by molar-refractivity contribution is 5.92. The molecule has 2 aliphatic heterocycles. The molecule has 5 nitrogen and oxygen atoms in total. The first kappa shape index (κ1) is 22.6. The predicted molar refractivity (Wildman–Crippen MR) is 126 cm³/mol. The van der Waals surface area contributed by atoms with Gasteiger partial charge in [-0.25, -0.2) is 13.2 Å². The maximum atomic E-state index is 14.6. The second-order valence-corrected chi connectivity index (χ2v) is 9.97. The van der Waals surface area contributed by atoms with Gasteiger partial charge in [-0.05, 0) is 66.6 Å². The molecule has 3 aliphatic rings. The number of morpholine rings is 1. The van der Waals surface area contributed by atoms with Gasteiger partial charge < -0.3 is 14.6 Å². The van der Waals surface area contributed by atoms with Crippen LogP contribution in [0.3, 0.4) is 0 Å². The van der Waals surface area contributed by atoms with Crippen LogP contribution in [0.2, 0.25) is 0 Å². The van der Waals surface area contributed by atoms with E-state index < -0.39 is 11.6 Å². The van der Waals surface area contributed by atoms with E-state index in [0.29, 0.717) is 35.5 Å². The maximum Gasteiger partial charge on any atom is 0.225 e. The Morgan fingerprint density at radius 2 is 1.71 bits per heavy atom. The Balaban J connectivity index is 1.22. The Labute approximate surface area is 201 Å². The van der Waals surface area contributed by atoms with Gasteiger partial charge in [-0.1, -0.05) is 0 Å². The summed E-state index contributed by atoms with van der Waals surface area (Å²) in [5.41, 5.74) is 2.42. The van der Waals surface area contributed by atoms with E-state index in [1.165, 1.54) is 18.2 Å². The molecule has 1 saturated carbocycles. The van der Waals surface area contributed by atoms with Gasteiger partial charge >= 0.3 is 0 Å². The van der Waals surface area contributed by atoms with E-state index in [4.69, 9.17) is 4.74 Å². The molecule has 6 rings (SSSR count). The highest BCUT2D eigenvalue weighted by atomic mass is 19.1. The van der Waals surface area contributed by atoms with Crippen molar-refractivity contribution in [1.82, 2.24) is 14.8 Å². The average Bonchev–Trinajstić information content (AvgIpc) is 3.46. The first-order chi connectivity index (χ1) is 17.0. The lowest BCUT2D eigenvalue weighted by Gasteiger charge is -2.37. The zero-order chi connectivity index (χ0) is 24.1. The molecule has 8 heteroatoms. The summed E-state index contributed by atoms with van der Waals surface area (Å²) in [6.45, 7) is 4.85. The van der Waals surface area contributed by atoms with Crippen LogP contribution in [0.5, 0.6) is 0 Å². The van der Waals surface area contributed by atoms with Gasteiger partial charge in [0.25, 0.3) is 0 Å². The Hall–Kier alpha value is -2.84. The molecule has 35 heavy (non-hydrogen) atoms. The lowest BCUT2D eigenvalue weighted by atomic mass is 9.69. The SMILES string of the molecule is O=C([C@H]1C[C@H](c2c(-c3ccc(F)cc3)[nH]c3c(F)cc(F)cc32)C1)N1CCC(N2CCOCC2)C1. The number of amides is 1. The molecule has 3 heterocycles. The molecule has 1 atom stereocenters. The Bertz CT molecular complexity index is 1250. The number of likely N-dealkylation sites (tertiary alicyclic amines) is 1. The molecule has 3 aromatic rings. The number of rotatable bonds is 4. The Morgan fingerprint density at radius 1 is 0.971 bits per heavy atom. The van der Waals surface area contributed by atoms with E-state index in [2.05, 4.69) is 9.88 Å². The number of ether oxygens (including phenoxy) is 1. The first-order valence-electron chi connectivity index (χ1n) is 12.3. The minimum atomic E-state index is -0.659. The van der Waals surface area contributed by atoms with Gasteiger partial charge in [0.05, 0.1) is 24.4 Å². The number of hydrogen-bond donors (Lipinski definition) is 1. The van der Waals surface area contributed by atoms with Crippen LogP contribution in [0.1, 0.15) is 30.7 Å². The summed E-state index contributed by atoms with van der Waals surface area (Å²) >= 11 is 0. The number of halogens is 3. The fraction of sp³-hybridized carbons (Fsp3) is 0.444. The molecule has 1 amide bonds. The first-order valence-corrected chi connectivity index (χ1v) is 12.3. The summed E-state index contributed by atoms with van der Waals surface area (Å²) in [4.78, 5) is 20.8. The number of nitrogens with one attached hydrogen (secondary N) is 1. The Morgan fingerprint density at radius 3 is 2.46 bits per heavy atom. The molecule has 1 N–H and O–H groups in total. The number of carbonyl (C=O) groups excluding carboxylic acids is 1. The van der Waals surface area contributed by atoms with Crippen molar-refractivity contribution in [2.45, 2.75) is 31.2 Å². The number of nitrogens with zero attached hydrogens (tertiary/aromatic N) is 2. The van der Waals surface area contributed by atoms with E-state index in [9.17, 15) is 18.0 Å². The van der Waals surface area contributed by atoms with Gasteiger partial charge in [0.2, 0.25) is 5.91 Å². The van der Waals surface area contributed by atoms with Gasteiger partial charge in [0, 0.05) is 49.6 Å². The number of benzene rings is 2. The third-order valence-corrected chi connectivity index (χ3v) is 7.93. The summed E-state index contributed by atoms with van der Waals surface area (Å²) in [5.74, 6) is -1.58. The average molecular weight is 484 g/mol. The number of fused-ring (bicyclic) bond motifs is 1. The van der Waals surface area contributed by atoms with Crippen LogP contribution in [-0.2, 0) is 9.53 Å². The van der Waals surface area contributed by atoms with Gasteiger partial charge in [-0.3, -0.25) is 9.69 Å². The molecule has 1 unspecified atom stereocenters. The normalized spacial score (nSPS) is 25.2. The summed E-state index contributed by atoms with van der Waals surface area (Å²) in [7, 11) is 0. The van der Waals surface area contributed by atoms with Crippen molar-refractivity contribution in [2.24, 2.45) is 5.92 Å². The number of H-pyrrole nitrogens is 1. The number of aromatic amines is 1. The van der Waals surface area contributed by atoms with E-state index in [1.54, 1.807) is 12.1 Å². The van der Waals surface area contributed by atoms with Crippen molar-refractivity contribution < 1.29 is 22.7 Å². The predicted octanol–water partition coefficient (Wildman–Crippen LogP) is 4.68. The molecule has 1 aromatic heterocycles. The Kier molecular flexibility index (Phi) is 5.81. The number of aromatic nitrogens is 1. The maximum absolute atomic E-state index is 14.6. The molecule has 0 spiro atoms. The zero-order valence-corrected chi connectivity index (χ0v) is 19.4. The largest absolute Gasteiger partial charge is 0.379 e. The second-order valence-electron chi connectivity index (χ2n) is 9.97. The van der Waals surface area contributed by atoms with E-state index >= 15 is 0 Å². The molecular formula is C27H28F3N3O2. The van der Waals surface area contributed by atoms with Gasteiger partial charge in [0.1, 0.15) is 17.5 Å². The van der Waals surface area contributed by atoms with Crippen LogP contribution < -0.4 is 0 Å². The summed E-state index contributed by atoms with van der Waals surface area (Å²) in [6.07, 6.45) is 2.26. The van der Waals surface area contributed by atoms with Crippen LogP contribution in [-0.4, -0.2) is 66.1 Å². The zero-order valence-electron chi connectivity index (χ0n) is 19.4. The summed E-state index contributed by atoms with van der Waals surface area (Å²) < 4.78 is 47.7. The minimum Gasteiger partial charge on any atom is -0.379 e. The van der Waals surface area contributed by atoms with Crippen molar-refractivity contribution in [3.05, 3.63) is 59.4 Å². The van der Waals surface area contributed by atoms with Gasteiger partial charge in [0.15, 0.2) is 0 Å². The van der Waals surface area contributed by atoms with Crippen LogP contribution in [0.4, 0.5) is 13.2 Å². The summed E-state index contributed by atoms with van der Waals surface area (Å²) in [6, 6.07) is 8.58. The third kappa shape index (κ3) is 4.12. The molecule has 0 radical (unpaired) electrons. The molecular weight excluding hydrogens is 455 g/mol. The fourth-order valence-electron chi connectivity index (χ4n) is 6.00. The number of hydrogen-bond acceptors (Lipinski definition) is 3. The van der Waals surface area contributed by atoms with Crippen LogP contribution in [0.25, 0.3) is 22.2 Å². The lowest BCUT2D eigenvalue weighted by Crippen LogP contribution is -2.46. The van der Waals surface area contributed by atoms with Gasteiger partial charge in [-0.15, -0.1) is 0 Å². The van der Waals surface area contributed by atoms with Crippen molar-refractivity contribution in [3.63, 3.8) is 0 Å². The van der Waals surface area contributed by atoms with Crippen molar-refractivity contribution in [1.29, 1.82) is 0 Å². The summed E-state index contributed by atoms with van der Waals surface area (Å²) in [5, 5.41) is 0.492. The van der Waals surface area contributed by atoms with E-state index in [0.717, 1.165) is 57.4 Å². The monoisotopic (exact) mass is 483 g/mol. The topological polar surface area (TPSA) is 48.6 Å². The third-order valence-electron chi connectivity index (χ3n) is 7.93. The van der Waals surface area contributed by atoms with Crippen LogP contribution >= 0.6 is 0 Å². The fourth-order valence-corrected chi connectivity index (χ4v) is 6.00. The van der Waals surface area contributed by atoms with E-state index in [1.807, 2.05) is 4.90 Å². The minimum absolute atomic E-state index is 0.00315. The molecule has 184 valence electrons. The standard InChI is InChI=1S/C27H28F3N3O2/c28-19-3-1-16(2-4-19)25-24(22-13-20(29)14-23(30)26(22)31-25)17-11-18(12-17)27(34)33-6-5-21(15-33)32-7-9-35-10-8-32/h1-4,13-14,17-18,21,31H,5-12,15H2/t17-,18-,21?. The lowest BCUT2D eigenvalue weighted by molar-refractivity contribution is -0.137.